The zero-order chi connectivity index (χ0) is 20.5. The number of nitrogens with one attached hydrogen (secondary N) is 3. The summed E-state index contributed by atoms with van der Waals surface area (Å²) in [5, 5.41) is 2.99. The molecule has 0 aliphatic carbocycles. The van der Waals surface area contributed by atoms with Crippen LogP contribution in [0.25, 0.3) is 0 Å². The minimum absolute atomic E-state index is 0.126. The van der Waals surface area contributed by atoms with Crippen LogP contribution in [0.1, 0.15) is 33.7 Å². The molecule has 0 saturated heterocycles. The fourth-order valence-corrected chi connectivity index (χ4v) is 4.45. The monoisotopic (exact) mass is 409 g/mol. The summed E-state index contributed by atoms with van der Waals surface area (Å²) >= 11 is 1.49. The number of aryl methyl sites for hydroxylation is 1. The maximum Gasteiger partial charge on any atom is 0.337 e. The third-order valence-electron chi connectivity index (χ3n) is 4.75. The standard InChI is InChI=1S/C21H19N3O4S/c1-11-8-9-14(29-11)16-15(20(26)28-10-13-6-4-3-5-7-13)12(2)22-18-17(16)19(25)24-21(27)23-18/h3-9,16H,10H2,1-2H3,(H3,22,23,24,25,27)/t16-/m0/s1. The second kappa shape index (κ2) is 7.56. The van der Waals surface area contributed by atoms with Crippen molar-refractivity contribution >= 4 is 23.1 Å². The highest BCUT2D eigenvalue weighted by molar-refractivity contribution is 7.12. The number of benzene rings is 1. The van der Waals surface area contributed by atoms with Gasteiger partial charge in [0.1, 0.15) is 12.4 Å². The quantitative estimate of drug-likeness (QED) is 0.575. The molecule has 4 rings (SSSR count). The van der Waals surface area contributed by atoms with Crippen LogP contribution in [0.4, 0.5) is 5.82 Å². The highest BCUT2D eigenvalue weighted by atomic mass is 32.1. The Labute approximate surface area is 170 Å². The molecule has 3 N–H and O–H groups in total. The molecule has 0 amide bonds. The fraction of sp³-hybridized carbons (Fsp3) is 0.190. The van der Waals surface area contributed by atoms with Crippen molar-refractivity contribution in [2.75, 3.05) is 5.32 Å². The molecule has 0 unspecified atom stereocenters. The van der Waals surface area contributed by atoms with Crippen LogP contribution in [-0.4, -0.2) is 15.9 Å². The number of carbonyl (C=O) groups excluding carboxylic acids is 1. The van der Waals surface area contributed by atoms with E-state index in [0.29, 0.717) is 22.7 Å². The van der Waals surface area contributed by atoms with Crippen molar-refractivity contribution in [3.05, 3.63) is 95.5 Å². The predicted molar refractivity (Wildman–Crippen MR) is 111 cm³/mol. The van der Waals surface area contributed by atoms with Gasteiger partial charge in [-0.25, -0.2) is 9.59 Å². The smallest absolute Gasteiger partial charge is 0.337 e. The number of thiophene rings is 1. The first-order valence-electron chi connectivity index (χ1n) is 9.05. The molecule has 1 aliphatic rings. The SMILES string of the molecule is CC1=C(C(=O)OCc2ccccc2)[C@H](c2ccc(C)s2)c2c([nH]c(=O)[nH]c2=O)N1. The van der Waals surface area contributed by atoms with Crippen molar-refractivity contribution < 1.29 is 9.53 Å². The lowest BCUT2D eigenvalue weighted by atomic mass is 9.86. The molecule has 3 aromatic rings. The average Bonchev–Trinajstić information content (AvgIpc) is 3.11. The van der Waals surface area contributed by atoms with Crippen molar-refractivity contribution in [3.63, 3.8) is 0 Å². The van der Waals surface area contributed by atoms with E-state index >= 15 is 0 Å². The van der Waals surface area contributed by atoms with Crippen LogP contribution in [0.3, 0.4) is 0 Å². The van der Waals surface area contributed by atoms with Gasteiger partial charge >= 0.3 is 11.7 Å². The summed E-state index contributed by atoms with van der Waals surface area (Å²) in [7, 11) is 0. The molecular formula is C21H19N3O4S. The minimum atomic E-state index is -0.631. The number of allylic oxidation sites excluding steroid dienone is 1. The maximum absolute atomic E-state index is 13.1. The van der Waals surface area contributed by atoms with E-state index in [1.807, 2.05) is 49.4 Å². The summed E-state index contributed by atoms with van der Waals surface area (Å²) in [6.07, 6.45) is 0. The molecule has 148 valence electrons. The van der Waals surface area contributed by atoms with Crippen LogP contribution in [-0.2, 0) is 16.1 Å². The molecule has 7 nitrogen and oxygen atoms in total. The number of hydrogen-bond donors (Lipinski definition) is 3. The Morgan fingerprint density at radius 3 is 2.52 bits per heavy atom. The first-order chi connectivity index (χ1) is 13.9. The number of aromatic amines is 2. The highest BCUT2D eigenvalue weighted by Gasteiger charge is 2.36. The number of anilines is 1. The van der Waals surface area contributed by atoms with E-state index < -0.39 is 23.1 Å². The third-order valence-corrected chi connectivity index (χ3v) is 5.82. The molecule has 29 heavy (non-hydrogen) atoms. The van der Waals surface area contributed by atoms with Crippen LogP contribution in [0.5, 0.6) is 0 Å². The van der Waals surface area contributed by atoms with Gasteiger partial charge in [0, 0.05) is 15.5 Å². The molecule has 0 bridgehead atoms. The topological polar surface area (TPSA) is 104 Å². The van der Waals surface area contributed by atoms with Gasteiger partial charge in [-0.1, -0.05) is 30.3 Å². The van der Waals surface area contributed by atoms with Gasteiger partial charge in [0.25, 0.3) is 5.56 Å². The van der Waals surface area contributed by atoms with Gasteiger partial charge in [-0.15, -0.1) is 11.3 Å². The summed E-state index contributed by atoms with van der Waals surface area (Å²) in [5.41, 5.74) is 0.914. The molecule has 0 radical (unpaired) electrons. The lowest BCUT2D eigenvalue weighted by Crippen LogP contribution is -2.34. The Hall–Kier alpha value is -3.39. The normalized spacial score (nSPS) is 15.6. The third kappa shape index (κ3) is 3.66. The fourth-order valence-electron chi connectivity index (χ4n) is 3.45. The zero-order valence-corrected chi connectivity index (χ0v) is 16.7. The molecule has 8 heteroatoms. The highest BCUT2D eigenvalue weighted by Crippen LogP contribution is 2.41. The lowest BCUT2D eigenvalue weighted by molar-refractivity contribution is -0.140. The molecule has 0 fully saturated rings. The van der Waals surface area contributed by atoms with Crippen LogP contribution < -0.4 is 16.6 Å². The number of aromatic nitrogens is 2. The molecule has 0 saturated carbocycles. The van der Waals surface area contributed by atoms with E-state index in [1.165, 1.54) is 11.3 Å². The Morgan fingerprint density at radius 1 is 1.07 bits per heavy atom. The summed E-state index contributed by atoms with van der Waals surface area (Å²) in [6.45, 7) is 3.81. The summed E-state index contributed by atoms with van der Waals surface area (Å²) in [5.74, 6) is -0.841. The Bertz CT molecular complexity index is 1220. The van der Waals surface area contributed by atoms with Gasteiger partial charge in [-0.2, -0.15) is 0 Å². The van der Waals surface area contributed by atoms with Crippen LogP contribution >= 0.6 is 11.3 Å². The molecule has 0 spiro atoms. The number of fused-ring (bicyclic) bond motifs is 1. The van der Waals surface area contributed by atoms with E-state index in [2.05, 4.69) is 15.3 Å². The Morgan fingerprint density at radius 2 is 1.83 bits per heavy atom. The van der Waals surface area contributed by atoms with Gasteiger partial charge in [0.2, 0.25) is 0 Å². The van der Waals surface area contributed by atoms with Gasteiger partial charge in [-0.05, 0) is 31.5 Å². The average molecular weight is 409 g/mol. The van der Waals surface area contributed by atoms with E-state index in [0.717, 1.165) is 15.3 Å². The first kappa shape index (κ1) is 18.9. The number of H-pyrrole nitrogens is 2. The van der Waals surface area contributed by atoms with Crippen molar-refractivity contribution in [2.45, 2.75) is 26.4 Å². The predicted octanol–water partition coefficient (Wildman–Crippen LogP) is 3.01. The molecule has 3 heterocycles. The number of carbonyl (C=O) groups is 1. The second-order valence-corrected chi connectivity index (χ2v) is 8.12. The van der Waals surface area contributed by atoms with Crippen molar-refractivity contribution in [1.29, 1.82) is 0 Å². The van der Waals surface area contributed by atoms with Crippen LogP contribution in [0, 0.1) is 6.92 Å². The molecule has 1 aromatic carbocycles. The number of esters is 1. The Kier molecular flexibility index (Phi) is 4.94. The molecule has 1 aliphatic heterocycles. The Balaban J connectivity index is 1.77. The van der Waals surface area contributed by atoms with Crippen LogP contribution in [0.2, 0.25) is 0 Å². The van der Waals surface area contributed by atoms with Gasteiger partial charge in [0.15, 0.2) is 0 Å². The first-order valence-corrected chi connectivity index (χ1v) is 9.87. The summed E-state index contributed by atoms with van der Waals surface area (Å²) in [6, 6.07) is 13.2. The van der Waals surface area contributed by atoms with Crippen LogP contribution in [0.15, 0.2) is 63.3 Å². The second-order valence-electron chi connectivity index (χ2n) is 6.80. The van der Waals surface area contributed by atoms with Crippen molar-refractivity contribution in [3.8, 4) is 0 Å². The van der Waals surface area contributed by atoms with E-state index in [-0.39, 0.29) is 6.61 Å². The summed E-state index contributed by atoms with van der Waals surface area (Å²) < 4.78 is 5.56. The number of hydrogen-bond acceptors (Lipinski definition) is 6. The van der Waals surface area contributed by atoms with E-state index in [9.17, 15) is 14.4 Å². The van der Waals surface area contributed by atoms with E-state index in [1.54, 1.807) is 6.92 Å². The molecular weight excluding hydrogens is 390 g/mol. The van der Waals surface area contributed by atoms with E-state index in [4.69, 9.17) is 4.74 Å². The number of ether oxygens (including phenoxy) is 1. The van der Waals surface area contributed by atoms with Gasteiger partial charge in [0.05, 0.1) is 17.1 Å². The zero-order valence-electron chi connectivity index (χ0n) is 15.9. The number of rotatable bonds is 4. The lowest BCUT2D eigenvalue weighted by Gasteiger charge is -2.27. The largest absolute Gasteiger partial charge is 0.457 e. The summed E-state index contributed by atoms with van der Waals surface area (Å²) in [4.78, 5) is 44.2. The van der Waals surface area contributed by atoms with Crippen molar-refractivity contribution in [2.24, 2.45) is 0 Å². The van der Waals surface area contributed by atoms with Crippen molar-refractivity contribution in [1.82, 2.24) is 9.97 Å². The van der Waals surface area contributed by atoms with Gasteiger partial charge < -0.3 is 10.1 Å². The van der Waals surface area contributed by atoms with Gasteiger partial charge in [-0.3, -0.25) is 14.8 Å². The maximum atomic E-state index is 13.1. The minimum Gasteiger partial charge on any atom is -0.457 e. The molecule has 2 aromatic heterocycles. The molecule has 1 atom stereocenters.